The molecule has 0 amide bonds. The molecule has 2 N–H and O–H groups in total. The molecule has 0 atom stereocenters. The molecule has 0 spiro atoms. The third-order valence-corrected chi connectivity index (χ3v) is 5.84. The normalized spacial score (nSPS) is 14.5. The Morgan fingerprint density at radius 2 is 1.93 bits per heavy atom. The minimum absolute atomic E-state index is 0.104. The quantitative estimate of drug-likeness (QED) is 0.651. The van der Waals surface area contributed by atoms with Gasteiger partial charge in [-0.2, -0.15) is 4.98 Å². The molecule has 1 aromatic carbocycles. The van der Waals surface area contributed by atoms with Crippen LogP contribution in [0.25, 0.3) is 0 Å². The molecule has 0 saturated carbocycles. The minimum Gasteiger partial charge on any atom is -0.356 e. The molecule has 0 aliphatic carbocycles. The van der Waals surface area contributed by atoms with E-state index in [1.807, 2.05) is 13.0 Å². The minimum atomic E-state index is -3.43. The van der Waals surface area contributed by atoms with E-state index in [9.17, 15) is 8.42 Å². The number of halogens is 1. The van der Waals surface area contributed by atoms with Crippen LogP contribution in [0.5, 0.6) is 0 Å². The van der Waals surface area contributed by atoms with E-state index in [4.69, 9.17) is 11.6 Å². The van der Waals surface area contributed by atoms with Gasteiger partial charge in [0.1, 0.15) is 5.82 Å². The van der Waals surface area contributed by atoms with Crippen molar-refractivity contribution in [1.29, 1.82) is 0 Å². The van der Waals surface area contributed by atoms with Crippen LogP contribution in [-0.4, -0.2) is 44.6 Å². The number of benzene rings is 1. The number of nitrogens with one attached hydrogen (secondary N) is 2. The molecular formula is C18H24ClN5O2S. The van der Waals surface area contributed by atoms with Gasteiger partial charge in [-0.3, -0.25) is 0 Å². The van der Waals surface area contributed by atoms with Crippen molar-refractivity contribution in [2.75, 3.05) is 36.4 Å². The maximum absolute atomic E-state index is 12.2. The number of anilines is 2. The lowest BCUT2D eigenvalue weighted by Gasteiger charge is -2.17. The van der Waals surface area contributed by atoms with Crippen LogP contribution in [0.2, 0.25) is 5.02 Å². The van der Waals surface area contributed by atoms with Crippen molar-refractivity contribution >= 4 is 33.4 Å². The smallest absolute Gasteiger partial charge is 0.224 e. The number of nitrogens with zero attached hydrogens (tertiary/aromatic N) is 3. The summed E-state index contributed by atoms with van der Waals surface area (Å²) < 4.78 is 27.0. The van der Waals surface area contributed by atoms with Crippen molar-refractivity contribution in [3.63, 3.8) is 0 Å². The Balaban J connectivity index is 1.51. The van der Waals surface area contributed by atoms with Crippen LogP contribution >= 0.6 is 11.6 Å². The Morgan fingerprint density at radius 1 is 1.15 bits per heavy atom. The van der Waals surface area contributed by atoms with E-state index in [2.05, 4.69) is 24.9 Å². The van der Waals surface area contributed by atoms with E-state index < -0.39 is 10.0 Å². The lowest BCUT2D eigenvalue weighted by Crippen LogP contribution is -2.30. The summed E-state index contributed by atoms with van der Waals surface area (Å²) in [5.74, 6) is 1.34. The van der Waals surface area contributed by atoms with E-state index in [0.29, 0.717) is 23.1 Å². The van der Waals surface area contributed by atoms with Crippen molar-refractivity contribution in [1.82, 2.24) is 14.7 Å². The predicted octanol–water partition coefficient (Wildman–Crippen LogP) is 2.57. The third-order valence-electron chi connectivity index (χ3n) is 4.25. The highest BCUT2D eigenvalue weighted by molar-refractivity contribution is 7.88. The number of hydrogen-bond acceptors (Lipinski definition) is 6. The summed E-state index contributed by atoms with van der Waals surface area (Å²) in [6.45, 7) is 4.61. The number of rotatable bonds is 8. The second-order valence-corrected chi connectivity index (χ2v) is 8.84. The Bertz CT molecular complexity index is 885. The van der Waals surface area contributed by atoms with E-state index in [1.54, 1.807) is 24.3 Å². The van der Waals surface area contributed by atoms with Crippen molar-refractivity contribution in [3.8, 4) is 0 Å². The van der Waals surface area contributed by atoms with Crippen LogP contribution in [0.15, 0.2) is 30.3 Å². The molecular weight excluding hydrogens is 386 g/mol. The molecule has 9 heteroatoms. The summed E-state index contributed by atoms with van der Waals surface area (Å²) in [4.78, 5) is 11.2. The lowest BCUT2D eigenvalue weighted by atomic mass is 10.2. The van der Waals surface area contributed by atoms with Gasteiger partial charge in [-0.05, 0) is 37.5 Å². The summed E-state index contributed by atoms with van der Waals surface area (Å²) >= 11 is 5.90. The molecule has 146 valence electrons. The molecule has 1 fully saturated rings. The lowest BCUT2D eigenvalue weighted by molar-refractivity contribution is 0.582. The predicted molar refractivity (Wildman–Crippen MR) is 109 cm³/mol. The van der Waals surface area contributed by atoms with Crippen LogP contribution in [0.3, 0.4) is 0 Å². The van der Waals surface area contributed by atoms with Gasteiger partial charge in [0, 0.05) is 43.0 Å². The molecule has 1 aliphatic rings. The summed E-state index contributed by atoms with van der Waals surface area (Å²) in [7, 11) is -3.43. The second-order valence-electron chi connectivity index (χ2n) is 6.60. The van der Waals surface area contributed by atoms with Gasteiger partial charge in [-0.1, -0.05) is 23.7 Å². The molecule has 1 saturated heterocycles. The van der Waals surface area contributed by atoms with Gasteiger partial charge in [-0.15, -0.1) is 0 Å². The maximum Gasteiger partial charge on any atom is 0.224 e. The Morgan fingerprint density at radius 3 is 2.67 bits per heavy atom. The molecule has 0 bridgehead atoms. The molecule has 0 unspecified atom stereocenters. The van der Waals surface area contributed by atoms with E-state index in [0.717, 1.165) is 24.6 Å². The summed E-state index contributed by atoms with van der Waals surface area (Å²) in [5, 5.41) is 3.62. The Labute approximate surface area is 165 Å². The Kier molecular flexibility index (Phi) is 6.51. The molecule has 0 radical (unpaired) electrons. The maximum atomic E-state index is 12.2. The first-order valence-corrected chi connectivity index (χ1v) is 11.0. The van der Waals surface area contributed by atoms with Crippen LogP contribution in [-0.2, 0) is 15.8 Å². The number of hydrogen-bond donors (Lipinski definition) is 2. The largest absolute Gasteiger partial charge is 0.356 e. The molecule has 27 heavy (non-hydrogen) atoms. The zero-order chi connectivity index (χ0) is 19.3. The topological polar surface area (TPSA) is 87.2 Å². The highest BCUT2D eigenvalue weighted by Gasteiger charge is 2.15. The van der Waals surface area contributed by atoms with Gasteiger partial charge >= 0.3 is 0 Å². The second kappa shape index (κ2) is 8.86. The summed E-state index contributed by atoms with van der Waals surface area (Å²) in [6.07, 6.45) is 2.36. The molecule has 1 aliphatic heterocycles. The molecule has 2 aromatic rings. The van der Waals surface area contributed by atoms with Crippen molar-refractivity contribution in [2.24, 2.45) is 0 Å². The van der Waals surface area contributed by atoms with E-state index in [1.165, 1.54) is 12.8 Å². The average molecular weight is 410 g/mol. The molecule has 7 nitrogen and oxygen atoms in total. The Hall–Kier alpha value is -1.90. The van der Waals surface area contributed by atoms with Gasteiger partial charge in [-0.25, -0.2) is 18.1 Å². The zero-order valence-electron chi connectivity index (χ0n) is 15.3. The first kappa shape index (κ1) is 19.9. The summed E-state index contributed by atoms with van der Waals surface area (Å²) in [6, 6.07) is 8.82. The SMILES string of the molecule is Cc1cc(N2CCCC2)nc(NCCNS(=O)(=O)Cc2cccc(Cl)c2)n1. The standard InChI is InChI=1S/C18H24ClN5O2S/c1-14-11-17(24-9-2-3-10-24)23-18(22-14)20-7-8-21-27(25,26)13-15-5-4-6-16(19)12-15/h4-6,11-12,21H,2-3,7-10,13H2,1H3,(H,20,22,23). The number of sulfonamides is 1. The van der Waals surface area contributed by atoms with Crippen molar-refractivity contribution < 1.29 is 8.42 Å². The van der Waals surface area contributed by atoms with Crippen LogP contribution in [0.1, 0.15) is 24.1 Å². The molecule has 3 rings (SSSR count). The highest BCUT2D eigenvalue weighted by atomic mass is 35.5. The monoisotopic (exact) mass is 409 g/mol. The fourth-order valence-electron chi connectivity index (χ4n) is 3.02. The van der Waals surface area contributed by atoms with E-state index >= 15 is 0 Å². The average Bonchev–Trinajstić information content (AvgIpc) is 3.13. The fraction of sp³-hybridized carbons (Fsp3) is 0.444. The fourth-order valence-corrected chi connectivity index (χ4v) is 4.36. The summed E-state index contributed by atoms with van der Waals surface area (Å²) in [5.41, 5.74) is 1.54. The first-order valence-electron chi connectivity index (χ1n) is 8.97. The van der Waals surface area contributed by atoms with Gasteiger partial charge in [0.05, 0.1) is 5.75 Å². The third kappa shape index (κ3) is 6.05. The van der Waals surface area contributed by atoms with Gasteiger partial charge < -0.3 is 10.2 Å². The van der Waals surface area contributed by atoms with E-state index in [-0.39, 0.29) is 12.3 Å². The molecule has 1 aromatic heterocycles. The van der Waals surface area contributed by atoms with Gasteiger partial charge in [0.15, 0.2) is 0 Å². The van der Waals surface area contributed by atoms with Crippen LogP contribution < -0.4 is 14.9 Å². The van der Waals surface area contributed by atoms with Crippen molar-refractivity contribution in [3.05, 3.63) is 46.6 Å². The van der Waals surface area contributed by atoms with Crippen LogP contribution in [0.4, 0.5) is 11.8 Å². The van der Waals surface area contributed by atoms with Gasteiger partial charge in [0.2, 0.25) is 16.0 Å². The zero-order valence-corrected chi connectivity index (χ0v) is 16.9. The molecule has 2 heterocycles. The number of aromatic nitrogens is 2. The van der Waals surface area contributed by atoms with Crippen molar-refractivity contribution in [2.45, 2.75) is 25.5 Å². The van der Waals surface area contributed by atoms with Crippen LogP contribution in [0, 0.1) is 6.92 Å². The highest BCUT2D eigenvalue weighted by Crippen LogP contribution is 2.19. The van der Waals surface area contributed by atoms with Gasteiger partial charge in [0.25, 0.3) is 0 Å². The number of aryl methyl sites for hydroxylation is 1. The first-order chi connectivity index (χ1) is 12.9.